The summed E-state index contributed by atoms with van der Waals surface area (Å²) in [5.41, 5.74) is 9.02. The number of nitrogens with two attached hydrogens (primary N) is 1. The van der Waals surface area contributed by atoms with E-state index in [0.29, 0.717) is 35.7 Å². The maximum Gasteiger partial charge on any atom is 0.319 e. The molecule has 2 aliphatic rings. The Morgan fingerprint density at radius 3 is 2.45 bits per heavy atom. The first-order chi connectivity index (χ1) is 19.3. The number of carbonyl (C=O) groups is 4. The smallest absolute Gasteiger partial charge is 0.319 e. The molecule has 0 radical (unpaired) electrons. The molecule has 0 saturated carbocycles. The molecule has 0 bridgehead atoms. The summed E-state index contributed by atoms with van der Waals surface area (Å²) in [7, 11) is 0. The van der Waals surface area contributed by atoms with Crippen LogP contribution in [-0.2, 0) is 35.8 Å². The van der Waals surface area contributed by atoms with Crippen LogP contribution in [0.5, 0.6) is 5.75 Å². The summed E-state index contributed by atoms with van der Waals surface area (Å²) >= 11 is 0. The number of urea groups is 1. The molecule has 1 atom stereocenters. The largest absolute Gasteiger partial charge is 0.489 e. The van der Waals surface area contributed by atoms with Crippen molar-refractivity contribution < 1.29 is 28.3 Å². The van der Waals surface area contributed by atoms with Crippen LogP contribution in [-0.4, -0.2) is 34.7 Å². The Hall–Kier alpha value is -4.77. The number of nitrogens with zero attached hydrogens (tertiary/aromatic N) is 1. The Kier molecular flexibility index (Phi) is 7.74. The molecule has 3 aromatic carbocycles. The monoisotopic (exact) mass is 545 g/mol. The Balaban J connectivity index is 1.13. The number of piperidine rings is 1. The van der Waals surface area contributed by atoms with Gasteiger partial charge in [-0.3, -0.25) is 19.7 Å². The van der Waals surface area contributed by atoms with Crippen molar-refractivity contribution in [2.24, 2.45) is 5.73 Å². The van der Waals surface area contributed by atoms with Crippen molar-refractivity contribution in [2.75, 3.05) is 5.32 Å². The number of hydrogen-bond acceptors (Lipinski definition) is 6. The fraction of sp³-hybridized carbons (Fsp3) is 0.241. The number of carbonyl (C=O) groups excluding carboxylic acids is 4. The van der Waals surface area contributed by atoms with Gasteiger partial charge in [0, 0.05) is 31.7 Å². The molecule has 206 valence electrons. The second kappa shape index (κ2) is 11.5. The maximum atomic E-state index is 14.9. The molecule has 3 aromatic rings. The van der Waals surface area contributed by atoms with E-state index < -0.39 is 35.6 Å². The number of amides is 5. The minimum atomic E-state index is -0.830. The highest BCUT2D eigenvalue weighted by Crippen LogP contribution is 2.30. The van der Waals surface area contributed by atoms with E-state index in [1.165, 1.54) is 11.0 Å². The minimum Gasteiger partial charge on any atom is -0.489 e. The van der Waals surface area contributed by atoms with Crippen molar-refractivity contribution in [1.29, 1.82) is 0 Å². The van der Waals surface area contributed by atoms with Gasteiger partial charge in [-0.05, 0) is 59.0 Å². The van der Waals surface area contributed by atoms with E-state index >= 15 is 0 Å². The van der Waals surface area contributed by atoms with Gasteiger partial charge in [-0.1, -0.05) is 30.3 Å². The zero-order chi connectivity index (χ0) is 28.2. The van der Waals surface area contributed by atoms with Crippen molar-refractivity contribution in [3.05, 3.63) is 94.3 Å². The lowest BCUT2D eigenvalue weighted by Crippen LogP contribution is -2.52. The van der Waals surface area contributed by atoms with Gasteiger partial charge in [-0.15, -0.1) is 0 Å². The van der Waals surface area contributed by atoms with Crippen LogP contribution in [0.2, 0.25) is 0 Å². The fourth-order valence-electron chi connectivity index (χ4n) is 4.75. The molecule has 2 heterocycles. The number of hydrogen-bond donors (Lipinski definition) is 4. The maximum absolute atomic E-state index is 14.9. The van der Waals surface area contributed by atoms with Crippen LogP contribution >= 0.6 is 0 Å². The molecule has 0 spiro atoms. The van der Waals surface area contributed by atoms with Crippen molar-refractivity contribution in [3.63, 3.8) is 0 Å². The van der Waals surface area contributed by atoms with E-state index in [-0.39, 0.29) is 31.5 Å². The molecule has 0 aliphatic carbocycles. The van der Waals surface area contributed by atoms with Crippen LogP contribution in [0.3, 0.4) is 0 Å². The number of imide groups is 1. The third-order valence-corrected chi connectivity index (χ3v) is 6.86. The molecule has 40 heavy (non-hydrogen) atoms. The van der Waals surface area contributed by atoms with E-state index in [0.717, 1.165) is 11.1 Å². The summed E-state index contributed by atoms with van der Waals surface area (Å²) in [5.74, 6) is -1.62. The minimum absolute atomic E-state index is 0.0206. The molecule has 5 N–H and O–H groups in total. The number of rotatable bonds is 8. The lowest BCUT2D eigenvalue weighted by molar-refractivity contribution is -0.136. The second-order valence-electron chi connectivity index (χ2n) is 9.65. The van der Waals surface area contributed by atoms with Crippen molar-refractivity contribution >= 4 is 29.4 Å². The van der Waals surface area contributed by atoms with Crippen LogP contribution in [0, 0.1) is 5.82 Å². The third kappa shape index (κ3) is 5.94. The van der Waals surface area contributed by atoms with Gasteiger partial charge in [0.2, 0.25) is 11.8 Å². The quantitative estimate of drug-likeness (QED) is 0.321. The molecular formula is C29H28FN5O5. The normalized spacial score (nSPS) is 16.4. The van der Waals surface area contributed by atoms with Gasteiger partial charge in [0.1, 0.15) is 24.2 Å². The lowest BCUT2D eigenvalue weighted by atomic mass is 10.0. The van der Waals surface area contributed by atoms with E-state index in [4.69, 9.17) is 10.5 Å². The fourth-order valence-corrected chi connectivity index (χ4v) is 4.75. The number of ether oxygens (including phenoxy) is 1. The van der Waals surface area contributed by atoms with Gasteiger partial charge >= 0.3 is 6.03 Å². The SMILES string of the molecule is NCc1ccc(COc2ccc(NC(=O)NCc3cc(F)c4c(c3)CN(C3CCC(=O)NC3=O)C4=O)cc2)cc1. The van der Waals surface area contributed by atoms with Crippen molar-refractivity contribution in [2.45, 2.75) is 45.1 Å². The molecule has 5 amide bonds. The van der Waals surface area contributed by atoms with E-state index in [1.54, 1.807) is 30.3 Å². The van der Waals surface area contributed by atoms with Crippen LogP contribution in [0.4, 0.5) is 14.9 Å². The van der Waals surface area contributed by atoms with Gasteiger partial charge in [-0.2, -0.15) is 0 Å². The Bertz CT molecular complexity index is 1460. The summed E-state index contributed by atoms with van der Waals surface area (Å²) in [5, 5.41) is 7.61. The predicted octanol–water partition coefficient (Wildman–Crippen LogP) is 2.95. The summed E-state index contributed by atoms with van der Waals surface area (Å²) in [4.78, 5) is 50.2. The molecule has 2 aliphatic heterocycles. The van der Waals surface area contributed by atoms with Crippen LogP contribution in [0.25, 0.3) is 0 Å². The Morgan fingerprint density at radius 2 is 1.75 bits per heavy atom. The standard InChI is InChI=1S/C29H28FN5O5/c30-23-12-19(11-20-15-35(28(38)26(20)23)24-9-10-25(36)34-27(24)37)14-32-29(39)33-21-5-7-22(8-6-21)40-16-18-3-1-17(13-31)2-4-18/h1-8,11-12,24H,9-10,13-16,31H2,(H2,32,33,39)(H,34,36,37). The van der Waals surface area contributed by atoms with Crippen molar-refractivity contribution in [1.82, 2.24) is 15.5 Å². The van der Waals surface area contributed by atoms with Gasteiger partial charge in [0.05, 0.1) is 5.56 Å². The van der Waals surface area contributed by atoms with Gasteiger partial charge < -0.3 is 26.0 Å². The van der Waals surface area contributed by atoms with Crippen LogP contribution < -0.4 is 26.4 Å². The van der Waals surface area contributed by atoms with Gasteiger partial charge in [0.15, 0.2) is 0 Å². The van der Waals surface area contributed by atoms with E-state index in [2.05, 4.69) is 16.0 Å². The number of nitrogens with one attached hydrogen (secondary N) is 3. The average molecular weight is 546 g/mol. The highest BCUT2D eigenvalue weighted by atomic mass is 19.1. The topological polar surface area (TPSA) is 143 Å². The second-order valence-corrected chi connectivity index (χ2v) is 9.65. The highest BCUT2D eigenvalue weighted by molar-refractivity contribution is 6.05. The molecule has 10 nitrogen and oxygen atoms in total. The summed E-state index contributed by atoms with van der Waals surface area (Å²) < 4.78 is 20.7. The Labute approximate surface area is 229 Å². The lowest BCUT2D eigenvalue weighted by Gasteiger charge is -2.29. The van der Waals surface area contributed by atoms with Crippen LogP contribution in [0.15, 0.2) is 60.7 Å². The number of benzene rings is 3. The van der Waals surface area contributed by atoms with Gasteiger partial charge in [0.25, 0.3) is 5.91 Å². The molecule has 1 fully saturated rings. The zero-order valence-corrected chi connectivity index (χ0v) is 21.5. The molecule has 11 heteroatoms. The summed E-state index contributed by atoms with van der Waals surface area (Å²) in [6.07, 6.45) is 0.305. The highest BCUT2D eigenvalue weighted by Gasteiger charge is 2.40. The molecule has 0 aromatic heterocycles. The van der Waals surface area contributed by atoms with E-state index in [9.17, 15) is 23.6 Å². The number of halogens is 1. The summed E-state index contributed by atoms with van der Waals surface area (Å²) in [6, 6.07) is 16.2. The first-order valence-electron chi connectivity index (χ1n) is 12.8. The molecule has 1 unspecified atom stereocenters. The Morgan fingerprint density at radius 1 is 1.02 bits per heavy atom. The zero-order valence-electron chi connectivity index (χ0n) is 21.5. The van der Waals surface area contributed by atoms with Crippen LogP contribution in [0.1, 0.15) is 45.5 Å². The molecule has 5 rings (SSSR count). The number of anilines is 1. The summed E-state index contributed by atoms with van der Waals surface area (Å²) in [6.45, 7) is 0.948. The first-order valence-corrected chi connectivity index (χ1v) is 12.8. The van der Waals surface area contributed by atoms with Gasteiger partial charge in [-0.25, -0.2) is 9.18 Å². The predicted molar refractivity (Wildman–Crippen MR) is 143 cm³/mol. The number of fused-ring (bicyclic) bond motifs is 1. The van der Waals surface area contributed by atoms with E-state index in [1.807, 2.05) is 24.3 Å². The third-order valence-electron chi connectivity index (χ3n) is 6.86. The molecular weight excluding hydrogens is 517 g/mol. The van der Waals surface area contributed by atoms with Crippen molar-refractivity contribution in [3.8, 4) is 5.75 Å². The average Bonchev–Trinajstić information content (AvgIpc) is 3.28. The first kappa shape index (κ1) is 26.8. The molecule has 1 saturated heterocycles.